The molecule has 0 heterocycles. The van der Waals surface area contributed by atoms with Crippen molar-refractivity contribution < 1.29 is 31.1 Å². The average Bonchev–Trinajstić information content (AvgIpc) is 2.66. The van der Waals surface area contributed by atoms with E-state index in [0.29, 0.717) is 6.42 Å². The monoisotopic (exact) mass is 464 g/mol. The maximum Gasteiger partial charge on any atom is 0.416 e. The van der Waals surface area contributed by atoms with E-state index in [1.54, 1.807) is 0 Å². The normalized spacial score (nSPS) is 12.1. The van der Waals surface area contributed by atoms with Gasteiger partial charge in [0, 0.05) is 14.1 Å². The number of sulfonamides is 1. The van der Waals surface area contributed by atoms with E-state index in [0.717, 1.165) is 28.6 Å². The van der Waals surface area contributed by atoms with Gasteiger partial charge in [0.25, 0.3) is 5.91 Å². The van der Waals surface area contributed by atoms with Crippen LogP contribution in [0.3, 0.4) is 0 Å². The Hall–Kier alpha value is -2.30. The lowest BCUT2D eigenvalue weighted by Gasteiger charge is -2.16. The van der Waals surface area contributed by atoms with Gasteiger partial charge in [0.2, 0.25) is 10.0 Å². The summed E-state index contributed by atoms with van der Waals surface area (Å²) in [5.41, 5.74) is -1.39. The van der Waals surface area contributed by atoms with E-state index in [1.165, 1.54) is 26.2 Å². The zero-order valence-electron chi connectivity index (χ0n) is 16.4. The van der Waals surface area contributed by atoms with Crippen LogP contribution in [0, 0.1) is 0 Å². The average molecular weight is 465 g/mol. The molecule has 1 N–H and O–H groups in total. The van der Waals surface area contributed by atoms with Gasteiger partial charge in [0.05, 0.1) is 33.3 Å². The Labute approximate surface area is 177 Å². The smallest absolute Gasteiger partial charge is 0.416 e. The Bertz CT molecular complexity index is 1040. The highest BCUT2D eigenvalue weighted by Crippen LogP contribution is 2.35. The SMILES string of the molecule is CCCOc1ccc(C(F)(F)F)cc1NC(=O)c1cc(S(=O)(=O)N(C)C)ccc1Cl. The number of rotatable bonds is 7. The molecule has 2 aromatic rings. The molecule has 0 radical (unpaired) electrons. The van der Waals surface area contributed by atoms with Crippen molar-refractivity contribution in [1.82, 2.24) is 4.31 Å². The van der Waals surface area contributed by atoms with Gasteiger partial charge in [-0.2, -0.15) is 13.2 Å². The molecule has 1 amide bonds. The van der Waals surface area contributed by atoms with Gasteiger partial charge in [-0.1, -0.05) is 18.5 Å². The number of alkyl halides is 3. The minimum absolute atomic E-state index is 0.0476. The van der Waals surface area contributed by atoms with Crippen LogP contribution in [0.1, 0.15) is 29.3 Å². The van der Waals surface area contributed by atoms with Gasteiger partial charge in [-0.3, -0.25) is 4.79 Å². The zero-order chi connectivity index (χ0) is 22.7. The van der Waals surface area contributed by atoms with Crippen LogP contribution in [0.25, 0.3) is 0 Å². The summed E-state index contributed by atoms with van der Waals surface area (Å²) < 4.78 is 70.3. The fourth-order valence-electron chi connectivity index (χ4n) is 2.38. The number of anilines is 1. The molecule has 0 saturated heterocycles. The molecule has 164 valence electrons. The lowest BCUT2D eigenvalue weighted by molar-refractivity contribution is -0.137. The number of ether oxygens (including phenoxy) is 1. The molecule has 11 heteroatoms. The number of hydrogen-bond acceptors (Lipinski definition) is 4. The van der Waals surface area contributed by atoms with E-state index >= 15 is 0 Å². The second-order valence-electron chi connectivity index (χ2n) is 6.44. The number of halogens is 4. The third kappa shape index (κ3) is 5.44. The summed E-state index contributed by atoms with van der Waals surface area (Å²) in [7, 11) is -1.20. The molecule has 0 bridgehead atoms. The molecule has 0 aromatic heterocycles. The molecule has 2 aromatic carbocycles. The summed E-state index contributed by atoms with van der Waals surface area (Å²) in [6.45, 7) is 2.05. The Morgan fingerprint density at radius 2 is 1.83 bits per heavy atom. The summed E-state index contributed by atoms with van der Waals surface area (Å²) in [5.74, 6) is -0.831. The van der Waals surface area contributed by atoms with Crippen molar-refractivity contribution in [3.8, 4) is 5.75 Å². The second-order valence-corrected chi connectivity index (χ2v) is 9.00. The zero-order valence-corrected chi connectivity index (χ0v) is 18.0. The molecule has 0 saturated carbocycles. The predicted molar refractivity (Wildman–Crippen MR) is 108 cm³/mol. The van der Waals surface area contributed by atoms with Crippen LogP contribution in [-0.2, 0) is 16.2 Å². The van der Waals surface area contributed by atoms with E-state index in [2.05, 4.69) is 5.32 Å². The number of carbonyl (C=O) groups is 1. The first-order valence-electron chi connectivity index (χ1n) is 8.75. The quantitative estimate of drug-likeness (QED) is 0.647. The molecule has 0 spiro atoms. The van der Waals surface area contributed by atoms with E-state index < -0.39 is 27.7 Å². The molecule has 0 fully saturated rings. The molecule has 6 nitrogen and oxygen atoms in total. The summed E-state index contributed by atoms with van der Waals surface area (Å²) in [4.78, 5) is 12.5. The molecule has 0 atom stereocenters. The molecule has 0 aliphatic rings. The van der Waals surface area contributed by atoms with E-state index in [9.17, 15) is 26.4 Å². The van der Waals surface area contributed by atoms with Crippen molar-refractivity contribution in [1.29, 1.82) is 0 Å². The van der Waals surface area contributed by atoms with E-state index in [-0.39, 0.29) is 33.5 Å². The predicted octanol–water partition coefficient (Wildman–Crippen LogP) is 4.65. The fourth-order valence-corrected chi connectivity index (χ4v) is 3.51. The van der Waals surface area contributed by atoms with Gasteiger partial charge >= 0.3 is 6.18 Å². The standard InChI is InChI=1S/C19H20ClF3N2O4S/c1-4-9-29-17-8-5-12(19(21,22)23)10-16(17)24-18(26)14-11-13(6-7-15(14)20)30(27,28)25(2)3/h5-8,10-11H,4,9H2,1-3H3,(H,24,26). The Balaban J connectivity index is 2.46. The van der Waals surface area contributed by atoms with Gasteiger partial charge in [-0.15, -0.1) is 0 Å². The summed E-state index contributed by atoms with van der Waals surface area (Å²) in [6, 6.07) is 6.23. The number of carbonyl (C=O) groups excluding carboxylic acids is 1. The fraction of sp³-hybridized carbons (Fsp3) is 0.316. The number of nitrogens with zero attached hydrogens (tertiary/aromatic N) is 1. The topological polar surface area (TPSA) is 75.7 Å². The summed E-state index contributed by atoms with van der Waals surface area (Å²) >= 11 is 6.03. The number of amides is 1. The minimum atomic E-state index is -4.62. The van der Waals surface area contributed by atoms with Gasteiger partial charge in [-0.25, -0.2) is 12.7 Å². The first-order valence-corrected chi connectivity index (χ1v) is 10.6. The van der Waals surface area contributed by atoms with Crippen LogP contribution in [0.15, 0.2) is 41.3 Å². The molecular formula is C19H20ClF3N2O4S. The Kier molecular flexibility index (Phi) is 7.38. The maximum absolute atomic E-state index is 13.1. The molecular weight excluding hydrogens is 445 g/mol. The lowest BCUT2D eigenvalue weighted by atomic mass is 10.1. The molecule has 0 aliphatic carbocycles. The van der Waals surface area contributed by atoms with Crippen LogP contribution in [0.4, 0.5) is 18.9 Å². The highest BCUT2D eigenvalue weighted by atomic mass is 35.5. The number of benzene rings is 2. The first kappa shape index (κ1) is 24.0. The summed E-state index contributed by atoms with van der Waals surface area (Å²) in [6.07, 6.45) is -4.02. The van der Waals surface area contributed by atoms with Crippen LogP contribution in [-0.4, -0.2) is 39.3 Å². The molecule has 2 rings (SSSR count). The van der Waals surface area contributed by atoms with Crippen LogP contribution >= 0.6 is 11.6 Å². The molecule has 0 unspecified atom stereocenters. The van der Waals surface area contributed by atoms with Crippen molar-refractivity contribution in [3.05, 3.63) is 52.5 Å². The number of nitrogens with one attached hydrogen (secondary N) is 1. The van der Waals surface area contributed by atoms with E-state index in [4.69, 9.17) is 16.3 Å². The largest absolute Gasteiger partial charge is 0.491 e. The third-order valence-electron chi connectivity index (χ3n) is 3.98. The first-order chi connectivity index (χ1) is 13.9. The van der Waals surface area contributed by atoms with Crippen molar-refractivity contribution >= 4 is 33.2 Å². The lowest BCUT2D eigenvalue weighted by Crippen LogP contribution is -2.23. The molecule has 0 aliphatic heterocycles. The second kappa shape index (κ2) is 9.23. The van der Waals surface area contributed by atoms with Gasteiger partial charge in [0.15, 0.2) is 0 Å². The van der Waals surface area contributed by atoms with Crippen molar-refractivity contribution in [2.45, 2.75) is 24.4 Å². The third-order valence-corrected chi connectivity index (χ3v) is 6.12. The van der Waals surface area contributed by atoms with Gasteiger partial charge in [0.1, 0.15) is 5.75 Å². The Morgan fingerprint density at radius 3 is 2.40 bits per heavy atom. The molecule has 30 heavy (non-hydrogen) atoms. The number of hydrogen-bond donors (Lipinski definition) is 1. The highest BCUT2D eigenvalue weighted by Gasteiger charge is 2.31. The van der Waals surface area contributed by atoms with E-state index in [1.807, 2.05) is 6.92 Å². The van der Waals surface area contributed by atoms with Crippen molar-refractivity contribution in [2.75, 3.05) is 26.0 Å². The van der Waals surface area contributed by atoms with Crippen molar-refractivity contribution in [2.24, 2.45) is 0 Å². The Morgan fingerprint density at radius 1 is 1.17 bits per heavy atom. The van der Waals surface area contributed by atoms with Crippen LogP contribution in [0.2, 0.25) is 5.02 Å². The maximum atomic E-state index is 13.1. The van der Waals surface area contributed by atoms with Crippen LogP contribution in [0.5, 0.6) is 5.75 Å². The van der Waals surface area contributed by atoms with Gasteiger partial charge < -0.3 is 10.1 Å². The van der Waals surface area contributed by atoms with Crippen molar-refractivity contribution in [3.63, 3.8) is 0 Å². The highest BCUT2D eigenvalue weighted by molar-refractivity contribution is 7.89. The summed E-state index contributed by atoms with van der Waals surface area (Å²) in [5, 5.41) is 2.28. The minimum Gasteiger partial charge on any atom is -0.491 e. The van der Waals surface area contributed by atoms with Crippen LogP contribution < -0.4 is 10.1 Å². The van der Waals surface area contributed by atoms with Gasteiger partial charge in [-0.05, 0) is 42.8 Å².